The van der Waals surface area contributed by atoms with E-state index in [9.17, 15) is 0 Å². The third-order valence-corrected chi connectivity index (χ3v) is 3.86. The fourth-order valence-corrected chi connectivity index (χ4v) is 2.80. The van der Waals surface area contributed by atoms with Crippen LogP contribution in [0.2, 0.25) is 0 Å². The van der Waals surface area contributed by atoms with Gasteiger partial charge in [0.2, 0.25) is 0 Å². The van der Waals surface area contributed by atoms with Gasteiger partial charge in [0.1, 0.15) is 0 Å². The highest BCUT2D eigenvalue weighted by Crippen LogP contribution is 2.23. The summed E-state index contributed by atoms with van der Waals surface area (Å²) in [6.07, 6.45) is 2.64. The molecule has 0 radical (unpaired) electrons. The number of likely N-dealkylation sites (tertiary alicyclic amines) is 1. The van der Waals surface area contributed by atoms with Crippen molar-refractivity contribution in [1.29, 1.82) is 0 Å². The molecule has 0 spiro atoms. The highest BCUT2D eigenvalue weighted by Gasteiger charge is 2.22. The Labute approximate surface area is 111 Å². The first-order valence-corrected chi connectivity index (χ1v) is 7.02. The molecule has 18 heavy (non-hydrogen) atoms. The molecule has 0 aliphatic carbocycles. The molecule has 0 saturated carbocycles. The maximum atomic E-state index is 4.71. The van der Waals surface area contributed by atoms with Crippen molar-refractivity contribution in [3.05, 3.63) is 29.6 Å². The largest absolute Gasteiger partial charge is 0.314 e. The van der Waals surface area contributed by atoms with Gasteiger partial charge in [-0.05, 0) is 51.4 Å². The molecule has 0 aromatic carbocycles. The Morgan fingerprint density at radius 2 is 2.11 bits per heavy atom. The number of nitrogens with one attached hydrogen (secondary N) is 1. The first kappa shape index (κ1) is 13.5. The van der Waals surface area contributed by atoms with E-state index in [0.717, 1.165) is 24.7 Å². The summed E-state index contributed by atoms with van der Waals surface area (Å²) in [6, 6.07) is 7.03. The Balaban J connectivity index is 1.98. The lowest BCUT2D eigenvalue weighted by molar-refractivity contribution is 0.120. The minimum absolute atomic E-state index is 0.684. The normalized spacial score (nSPS) is 25.3. The minimum atomic E-state index is 0.684. The van der Waals surface area contributed by atoms with Gasteiger partial charge in [-0.25, -0.2) is 0 Å². The maximum Gasteiger partial charge on any atom is 0.0547 e. The monoisotopic (exact) mass is 247 g/mol. The number of piperidine rings is 1. The molecule has 100 valence electrons. The van der Waals surface area contributed by atoms with E-state index in [1.165, 1.54) is 25.1 Å². The van der Waals surface area contributed by atoms with Gasteiger partial charge in [0.05, 0.1) is 11.4 Å². The van der Waals surface area contributed by atoms with E-state index in [1.54, 1.807) is 0 Å². The van der Waals surface area contributed by atoms with Crippen LogP contribution in [0.15, 0.2) is 18.2 Å². The summed E-state index contributed by atoms with van der Waals surface area (Å²) in [5.41, 5.74) is 2.33. The zero-order valence-electron chi connectivity index (χ0n) is 11.8. The Kier molecular flexibility index (Phi) is 4.72. The van der Waals surface area contributed by atoms with Gasteiger partial charge in [0, 0.05) is 19.1 Å². The van der Waals surface area contributed by atoms with E-state index in [4.69, 9.17) is 4.98 Å². The molecule has 1 aromatic rings. The maximum absolute atomic E-state index is 4.71. The van der Waals surface area contributed by atoms with Crippen LogP contribution < -0.4 is 5.32 Å². The van der Waals surface area contributed by atoms with Crippen molar-refractivity contribution in [3.63, 3.8) is 0 Å². The molecule has 1 fully saturated rings. The molecule has 1 aliphatic rings. The smallest absolute Gasteiger partial charge is 0.0547 e. The third-order valence-electron chi connectivity index (χ3n) is 3.86. The van der Waals surface area contributed by atoms with Gasteiger partial charge in [-0.2, -0.15) is 0 Å². The van der Waals surface area contributed by atoms with Crippen LogP contribution in [0.25, 0.3) is 0 Å². The number of hydrogen-bond donors (Lipinski definition) is 1. The van der Waals surface area contributed by atoms with Crippen LogP contribution in [0.1, 0.15) is 38.1 Å². The van der Waals surface area contributed by atoms with Crippen molar-refractivity contribution in [2.45, 2.75) is 45.8 Å². The first-order valence-electron chi connectivity index (χ1n) is 7.02. The highest BCUT2D eigenvalue weighted by atomic mass is 15.2. The molecule has 3 heteroatoms. The molecule has 2 rings (SSSR count). The Bertz CT molecular complexity index is 378. The average molecular weight is 247 g/mol. The fourth-order valence-electron chi connectivity index (χ4n) is 2.80. The molecule has 0 bridgehead atoms. The number of nitrogens with zero attached hydrogens (tertiary/aromatic N) is 2. The summed E-state index contributed by atoms with van der Waals surface area (Å²) >= 11 is 0. The van der Waals surface area contributed by atoms with Crippen LogP contribution in [0.3, 0.4) is 0 Å². The molecular weight excluding hydrogens is 222 g/mol. The van der Waals surface area contributed by atoms with E-state index < -0.39 is 0 Å². The van der Waals surface area contributed by atoms with Crippen LogP contribution in [-0.2, 0) is 13.1 Å². The van der Waals surface area contributed by atoms with Crippen LogP contribution in [0.4, 0.5) is 0 Å². The molecular formula is C15H25N3. The summed E-state index contributed by atoms with van der Waals surface area (Å²) < 4.78 is 0. The molecule has 1 N–H and O–H groups in total. The quantitative estimate of drug-likeness (QED) is 0.885. The second-order valence-electron chi connectivity index (χ2n) is 5.60. The number of pyridine rings is 1. The van der Waals surface area contributed by atoms with Crippen molar-refractivity contribution in [3.8, 4) is 0 Å². The number of aromatic nitrogens is 1. The van der Waals surface area contributed by atoms with Gasteiger partial charge in [-0.3, -0.25) is 9.88 Å². The van der Waals surface area contributed by atoms with Crippen LogP contribution >= 0.6 is 0 Å². The topological polar surface area (TPSA) is 28.2 Å². The molecule has 0 amide bonds. The Morgan fingerprint density at radius 1 is 1.33 bits per heavy atom. The van der Waals surface area contributed by atoms with Crippen molar-refractivity contribution < 1.29 is 0 Å². The third kappa shape index (κ3) is 3.53. The lowest BCUT2D eigenvalue weighted by Gasteiger charge is -2.36. The van der Waals surface area contributed by atoms with Gasteiger partial charge >= 0.3 is 0 Å². The van der Waals surface area contributed by atoms with Gasteiger partial charge in [-0.15, -0.1) is 0 Å². The lowest BCUT2D eigenvalue weighted by atomic mass is 9.93. The van der Waals surface area contributed by atoms with E-state index in [0.29, 0.717) is 6.04 Å². The standard InChI is InChI=1S/C15H25N3/c1-12-7-8-18(13(2)9-12)11-15-6-4-5-14(17-15)10-16-3/h4-6,12-13,16H,7-11H2,1-3H3. The molecule has 1 aliphatic heterocycles. The van der Waals surface area contributed by atoms with Gasteiger partial charge in [0.15, 0.2) is 0 Å². The zero-order valence-corrected chi connectivity index (χ0v) is 11.8. The molecule has 2 heterocycles. The molecule has 1 saturated heterocycles. The number of hydrogen-bond acceptors (Lipinski definition) is 3. The molecule has 1 aromatic heterocycles. The molecule has 2 atom stereocenters. The van der Waals surface area contributed by atoms with Gasteiger partial charge < -0.3 is 5.32 Å². The van der Waals surface area contributed by atoms with Crippen LogP contribution in [0, 0.1) is 5.92 Å². The van der Waals surface area contributed by atoms with Crippen molar-refractivity contribution in [2.75, 3.05) is 13.6 Å². The van der Waals surface area contributed by atoms with E-state index in [-0.39, 0.29) is 0 Å². The fraction of sp³-hybridized carbons (Fsp3) is 0.667. The van der Waals surface area contributed by atoms with Crippen LogP contribution in [-0.4, -0.2) is 29.5 Å². The summed E-state index contributed by atoms with van der Waals surface area (Å²) in [6.45, 7) is 7.75. The first-order chi connectivity index (χ1) is 8.69. The summed E-state index contributed by atoms with van der Waals surface area (Å²) in [5.74, 6) is 0.875. The highest BCUT2D eigenvalue weighted by molar-refractivity contribution is 5.11. The summed E-state index contributed by atoms with van der Waals surface area (Å²) in [7, 11) is 1.96. The predicted molar refractivity (Wildman–Crippen MR) is 75.3 cm³/mol. The molecule has 3 nitrogen and oxygen atoms in total. The lowest BCUT2D eigenvalue weighted by Crippen LogP contribution is -2.39. The van der Waals surface area contributed by atoms with E-state index >= 15 is 0 Å². The number of rotatable bonds is 4. The van der Waals surface area contributed by atoms with E-state index in [2.05, 4.69) is 42.3 Å². The SMILES string of the molecule is CNCc1cccc(CN2CCC(C)CC2C)n1. The minimum Gasteiger partial charge on any atom is -0.314 e. The zero-order chi connectivity index (χ0) is 13.0. The predicted octanol–water partition coefficient (Wildman–Crippen LogP) is 2.42. The Hall–Kier alpha value is -0.930. The van der Waals surface area contributed by atoms with Crippen LogP contribution in [0.5, 0.6) is 0 Å². The molecule has 2 unspecified atom stereocenters. The second kappa shape index (κ2) is 6.30. The van der Waals surface area contributed by atoms with Crippen molar-refractivity contribution >= 4 is 0 Å². The summed E-state index contributed by atoms with van der Waals surface area (Å²) in [4.78, 5) is 7.27. The van der Waals surface area contributed by atoms with Crippen molar-refractivity contribution in [1.82, 2.24) is 15.2 Å². The van der Waals surface area contributed by atoms with Crippen molar-refractivity contribution in [2.24, 2.45) is 5.92 Å². The van der Waals surface area contributed by atoms with Gasteiger partial charge in [-0.1, -0.05) is 13.0 Å². The van der Waals surface area contributed by atoms with Gasteiger partial charge in [0.25, 0.3) is 0 Å². The summed E-state index contributed by atoms with van der Waals surface area (Å²) in [5, 5.41) is 3.15. The van der Waals surface area contributed by atoms with E-state index in [1.807, 2.05) is 7.05 Å². The Morgan fingerprint density at radius 3 is 2.83 bits per heavy atom. The second-order valence-corrected chi connectivity index (χ2v) is 5.60. The average Bonchev–Trinajstić information content (AvgIpc) is 2.34.